The Balaban J connectivity index is 1.75. The molecule has 0 spiro atoms. The van der Waals surface area contributed by atoms with Gasteiger partial charge in [-0.2, -0.15) is 11.3 Å². The van der Waals surface area contributed by atoms with Crippen molar-refractivity contribution in [1.29, 1.82) is 0 Å². The van der Waals surface area contributed by atoms with Crippen molar-refractivity contribution < 1.29 is 14.3 Å². The van der Waals surface area contributed by atoms with Crippen LogP contribution in [0.3, 0.4) is 0 Å². The Morgan fingerprint density at radius 1 is 1.57 bits per heavy atom. The molecular weight excluding hydrogens is 312 g/mol. The molecule has 2 aromatic heterocycles. The third-order valence-electron chi connectivity index (χ3n) is 4.41. The van der Waals surface area contributed by atoms with Crippen LogP contribution in [0, 0.1) is 6.92 Å². The van der Waals surface area contributed by atoms with Crippen molar-refractivity contribution >= 4 is 17.2 Å². The second-order valence-corrected chi connectivity index (χ2v) is 6.88. The van der Waals surface area contributed by atoms with Crippen molar-refractivity contribution in [3.05, 3.63) is 28.3 Å². The molecule has 6 heteroatoms. The second-order valence-electron chi connectivity index (χ2n) is 6.10. The SMILES string of the molecule is Cc1oc(-c2ccsc2)nc1CC(=O)N1CCCCC1C(C)O. The lowest BCUT2D eigenvalue weighted by molar-refractivity contribution is -0.137. The summed E-state index contributed by atoms with van der Waals surface area (Å²) >= 11 is 1.59. The zero-order valence-corrected chi connectivity index (χ0v) is 14.3. The topological polar surface area (TPSA) is 66.6 Å². The molecule has 1 amide bonds. The Labute approximate surface area is 140 Å². The summed E-state index contributed by atoms with van der Waals surface area (Å²) in [5.74, 6) is 1.27. The molecule has 124 valence electrons. The van der Waals surface area contributed by atoms with Crippen LogP contribution in [0.5, 0.6) is 0 Å². The van der Waals surface area contributed by atoms with Gasteiger partial charge in [0.2, 0.25) is 11.8 Å². The Morgan fingerprint density at radius 3 is 3.09 bits per heavy atom. The number of aromatic nitrogens is 1. The first-order valence-electron chi connectivity index (χ1n) is 8.02. The average Bonchev–Trinajstić information content (AvgIpc) is 3.17. The highest BCUT2D eigenvalue weighted by Crippen LogP contribution is 2.25. The quantitative estimate of drug-likeness (QED) is 0.933. The lowest BCUT2D eigenvalue weighted by atomic mass is 9.97. The van der Waals surface area contributed by atoms with Gasteiger partial charge >= 0.3 is 0 Å². The van der Waals surface area contributed by atoms with E-state index in [4.69, 9.17) is 4.42 Å². The summed E-state index contributed by atoms with van der Waals surface area (Å²) in [6.45, 7) is 4.31. The number of carbonyl (C=O) groups is 1. The fourth-order valence-corrected chi connectivity index (χ4v) is 3.74. The van der Waals surface area contributed by atoms with Gasteiger partial charge in [0.25, 0.3) is 0 Å². The van der Waals surface area contributed by atoms with Crippen LogP contribution < -0.4 is 0 Å². The number of aliphatic hydroxyl groups excluding tert-OH is 1. The highest BCUT2D eigenvalue weighted by atomic mass is 32.1. The molecule has 0 bridgehead atoms. The van der Waals surface area contributed by atoms with Gasteiger partial charge in [-0.25, -0.2) is 4.98 Å². The number of thiophene rings is 1. The molecule has 2 unspecified atom stereocenters. The number of oxazole rings is 1. The average molecular weight is 334 g/mol. The van der Waals surface area contributed by atoms with Crippen LogP contribution in [0.4, 0.5) is 0 Å². The van der Waals surface area contributed by atoms with Gasteiger partial charge in [0.05, 0.1) is 24.3 Å². The molecule has 1 aliphatic rings. The summed E-state index contributed by atoms with van der Waals surface area (Å²) in [5.41, 5.74) is 1.63. The first kappa shape index (κ1) is 16.2. The molecule has 2 aromatic rings. The monoisotopic (exact) mass is 334 g/mol. The number of hydrogen-bond acceptors (Lipinski definition) is 5. The molecule has 0 radical (unpaired) electrons. The van der Waals surface area contributed by atoms with Crippen LogP contribution in [0.15, 0.2) is 21.2 Å². The van der Waals surface area contributed by atoms with Gasteiger partial charge in [-0.05, 0) is 44.6 Å². The maximum absolute atomic E-state index is 12.7. The van der Waals surface area contributed by atoms with Crippen molar-refractivity contribution in [3.8, 4) is 11.5 Å². The van der Waals surface area contributed by atoms with E-state index in [1.54, 1.807) is 18.3 Å². The Hall–Kier alpha value is -1.66. The van der Waals surface area contributed by atoms with Crippen molar-refractivity contribution in [3.63, 3.8) is 0 Å². The highest BCUT2D eigenvalue weighted by molar-refractivity contribution is 7.08. The maximum Gasteiger partial charge on any atom is 0.229 e. The largest absolute Gasteiger partial charge is 0.441 e. The van der Waals surface area contributed by atoms with E-state index in [0.29, 0.717) is 23.9 Å². The zero-order valence-electron chi connectivity index (χ0n) is 13.5. The molecule has 0 aromatic carbocycles. The van der Waals surface area contributed by atoms with E-state index >= 15 is 0 Å². The molecule has 1 saturated heterocycles. The minimum absolute atomic E-state index is 0.0175. The highest BCUT2D eigenvalue weighted by Gasteiger charge is 2.30. The van der Waals surface area contributed by atoms with Gasteiger partial charge in [0, 0.05) is 17.5 Å². The van der Waals surface area contributed by atoms with Crippen LogP contribution in [0.2, 0.25) is 0 Å². The van der Waals surface area contributed by atoms with Crippen molar-refractivity contribution in [2.24, 2.45) is 0 Å². The fraction of sp³-hybridized carbons (Fsp3) is 0.529. The minimum Gasteiger partial charge on any atom is -0.441 e. The van der Waals surface area contributed by atoms with Gasteiger partial charge in [0.15, 0.2) is 0 Å². The molecule has 23 heavy (non-hydrogen) atoms. The number of aryl methyl sites for hydroxylation is 1. The van der Waals surface area contributed by atoms with Gasteiger partial charge in [0.1, 0.15) is 5.76 Å². The van der Waals surface area contributed by atoms with Crippen LogP contribution in [-0.4, -0.2) is 39.6 Å². The summed E-state index contributed by atoms with van der Waals surface area (Å²) < 4.78 is 5.70. The maximum atomic E-state index is 12.7. The molecule has 3 heterocycles. The molecule has 3 rings (SSSR count). The number of amides is 1. The number of nitrogens with zero attached hydrogens (tertiary/aromatic N) is 2. The fourth-order valence-electron chi connectivity index (χ4n) is 3.12. The predicted molar refractivity (Wildman–Crippen MR) is 89.3 cm³/mol. The standard InChI is InChI=1S/C17H22N2O3S/c1-11(20)15-5-3-4-7-19(15)16(21)9-14-12(2)22-17(18-14)13-6-8-23-10-13/h6,8,10-11,15,20H,3-5,7,9H2,1-2H3. The van der Waals surface area contributed by atoms with E-state index < -0.39 is 6.10 Å². The summed E-state index contributed by atoms with van der Waals surface area (Å²) in [7, 11) is 0. The smallest absolute Gasteiger partial charge is 0.229 e. The van der Waals surface area contributed by atoms with Crippen molar-refractivity contribution in [2.45, 2.75) is 51.7 Å². The lowest BCUT2D eigenvalue weighted by Gasteiger charge is -2.37. The third-order valence-corrected chi connectivity index (χ3v) is 5.09. The molecule has 5 nitrogen and oxygen atoms in total. The summed E-state index contributed by atoms with van der Waals surface area (Å²) in [6, 6.07) is 1.87. The molecular formula is C17H22N2O3S. The van der Waals surface area contributed by atoms with Crippen LogP contribution in [-0.2, 0) is 11.2 Å². The van der Waals surface area contributed by atoms with E-state index in [1.165, 1.54) is 0 Å². The Kier molecular flexibility index (Phi) is 4.82. The Morgan fingerprint density at radius 2 is 2.39 bits per heavy atom. The summed E-state index contributed by atoms with van der Waals surface area (Å²) in [5, 5.41) is 13.9. The first-order valence-corrected chi connectivity index (χ1v) is 8.97. The Bertz CT molecular complexity index is 663. The summed E-state index contributed by atoms with van der Waals surface area (Å²) in [6.07, 6.45) is 2.64. The molecule has 0 saturated carbocycles. The lowest BCUT2D eigenvalue weighted by Crippen LogP contribution is -2.49. The summed E-state index contributed by atoms with van der Waals surface area (Å²) in [4.78, 5) is 19.0. The van der Waals surface area contributed by atoms with Crippen LogP contribution in [0.1, 0.15) is 37.6 Å². The first-order chi connectivity index (χ1) is 11.1. The number of hydrogen-bond donors (Lipinski definition) is 1. The number of carbonyl (C=O) groups excluding carboxylic acids is 1. The molecule has 1 N–H and O–H groups in total. The number of aliphatic hydroxyl groups is 1. The second kappa shape index (κ2) is 6.84. The molecule has 1 aliphatic heterocycles. The zero-order chi connectivity index (χ0) is 16.4. The van der Waals surface area contributed by atoms with Crippen molar-refractivity contribution in [1.82, 2.24) is 9.88 Å². The third kappa shape index (κ3) is 3.48. The predicted octanol–water partition coefficient (Wildman–Crippen LogP) is 3.02. The van der Waals surface area contributed by atoms with Crippen molar-refractivity contribution in [2.75, 3.05) is 6.54 Å². The number of likely N-dealkylation sites (tertiary alicyclic amines) is 1. The van der Waals surface area contributed by atoms with Crippen LogP contribution in [0.25, 0.3) is 11.5 Å². The number of rotatable bonds is 4. The van der Waals surface area contributed by atoms with Gasteiger partial charge < -0.3 is 14.4 Å². The van der Waals surface area contributed by atoms with E-state index in [1.807, 2.05) is 28.7 Å². The normalized spacial score (nSPS) is 19.8. The molecule has 2 atom stereocenters. The van der Waals surface area contributed by atoms with E-state index in [-0.39, 0.29) is 18.4 Å². The van der Waals surface area contributed by atoms with Crippen LogP contribution >= 0.6 is 11.3 Å². The van der Waals surface area contributed by atoms with E-state index in [9.17, 15) is 9.90 Å². The van der Waals surface area contributed by atoms with Gasteiger partial charge in [-0.1, -0.05) is 0 Å². The minimum atomic E-state index is -0.501. The number of piperidine rings is 1. The van der Waals surface area contributed by atoms with E-state index in [2.05, 4.69) is 4.98 Å². The van der Waals surface area contributed by atoms with Gasteiger partial charge in [-0.15, -0.1) is 0 Å². The molecule has 1 fully saturated rings. The van der Waals surface area contributed by atoms with E-state index in [0.717, 1.165) is 24.8 Å². The molecule has 0 aliphatic carbocycles. The van der Waals surface area contributed by atoms with Gasteiger partial charge in [-0.3, -0.25) is 4.79 Å².